The van der Waals surface area contributed by atoms with E-state index >= 15 is 0 Å². The van der Waals surface area contributed by atoms with Crippen molar-refractivity contribution in [3.63, 3.8) is 0 Å². The van der Waals surface area contributed by atoms with Gasteiger partial charge in [-0.05, 0) is 34.7 Å². The van der Waals surface area contributed by atoms with E-state index in [1.54, 1.807) is 0 Å². The highest BCUT2D eigenvalue weighted by molar-refractivity contribution is 5.86. The number of nitrogens with one attached hydrogen (secondary N) is 1. The van der Waals surface area contributed by atoms with Crippen LogP contribution in [0.1, 0.15) is 17.5 Å². The summed E-state index contributed by atoms with van der Waals surface area (Å²) in [5, 5.41) is 5.48. The van der Waals surface area contributed by atoms with Crippen LogP contribution in [0.25, 0.3) is 10.8 Å². The second-order valence-corrected chi connectivity index (χ2v) is 5.72. The van der Waals surface area contributed by atoms with Crippen molar-refractivity contribution >= 4 is 16.7 Å². The molecule has 0 fully saturated rings. The smallest absolute Gasteiger partial charge is 0.220 e. The van der Waals surface area contributed by atoms with Crippen LogP contribution < -0.4 is 5.32 Å². The first-order valence-electron chi connectivity index (χ1n) is 8.10. The van der Waals surface area contributed by atoms with Gasteiger partial charge in [-0.15, -0.1) is 0 Å². The van der Waals surface area contributed by atoms with Crippen molar-refractivity contribution < 1.29 is 4.79 Å². The first-order chi connectivity index (χ1) is 11.3. The molecule has 3 aromatic carbocycles. The van der Waals surface area contributed by atoms with Crippen LogP contribution in [0.15, 0.2) is 72.8 Å². The van der Waals surface area contributed by atoms with E-state index in [1.807, 2.05) is 30.3 Å². The van der Waals surface area contributed by atoms with Crippen LogP contribution in [0, 0.1) is 0 Å². The molecule has 0 aliphatic heterocycles. The van der Waals surface area contributed by atoms with Gasteiger partial charge in [0.2, 0.25) is 5.91 Å². The summed E-state index contributed by atoms with van der Waals surface area (Å²) in [5.74, 6) is 0.119. The molecule has 2 heteroatoms. The van der Waals surface area contributed by atoms with Gasteiger partial charge in [-0.3, -0.25) is 4.79 Å². The van der Waals surface area contributed by atoms with Gasteiger partial charge in [-0.25, -0.2) is 0 Å². The van der Waals surface area contributed by atoms with Crippen LogP contribution in [-0.4, -0.2) is 12.5 Å². The third-order valence-corrected chi connectivity index (χ3v) is 4.08. The van der Waals surface area contributed by atoms with Crippen molar-refractivity contribution in [1.29, 1.82) is 0 Å². The van der Waals surface area contributed by atoms with Crippen LogP contribution in [0.2, 0.25) is 0 Å². The molecule has 1 N–H and O–H groups in total. The number of aryl methyl sites for hydroxylation is 1. The fraction of sp³-hybridized carbons (Fsp3) is 0.190. The third kappa shape index (κ3) is 4.19. The van der Waals surface area contributed by atoms with E-state index in [0.29, 0.717) is 13.0 Å². The van der Waals surface area contributed by atoms with Gasteiger partial charge in [0.1, 0.15) is 0 Å². The zero-order valence-electron chi connectivity index (χ0n) is 13.2. The van der Waals surface area contributed by atoms with Crippen LogP contribution in [0.5, 0.6) is 0 Å². The van der Waals surface area contributed by atoms with Crippen LogP contribution >= 0.6 is 0 Å². The lowest BCUT2D eigenvalue weighted by Gasteiger charge is -2.08. The molecule has 116 valence electrons. The predicted octanol–water partition coefficient (Wildman–Crippen LogP) is 4.13. The molecule has 0 bridgehead atoms. The van der Waals surface area contributed by atoms with Gasteiger partial charge in [0.15, 0.2) is 0 Å². The fourth-order valence-corrected chi connectivity index (χ4v) is 2.84. The normalized spacial score (nSPS) is 10.6. The van der Waals surface area contributed by atoms with Crippen molar-refractivity contribution in [2.75, 3.05) is 6.54 Å². The van der Waals surface area contributed by atoms with E-state index in [1.165, 1.54) is 21.9 Å². The molecule has 0 saturated heterocycles. The second-order valence-electron chi connectivity index (χ2n) is 5.72. The zero-order chi connectivity index (χ0) is 15.9. The van der Waals surface area contributed by atoms with Crippen molar-refractivity contribution in [2.24, 2.45) is 0 Å². The lowest BCUT2D eigenvalue weighted by atomic mass is 10.0. The Kier molecular flexibility index (Phi) is 5.05. The summed E-state index contributed by atoms with van der Waals surface area (Å²) in [4.78, 5) is 12.0. The summed E-state index contributed by atoms with van der Waals surface area (Å²) in [6.07, 6.45) is 2.18. The first kappa shape index (κ1) is 15.3. The van der Waals surface area contributed by atoms with Crippen molar-refractivity contribution in [3.05, 3.63) is 83.9 Å². The minimum atomic E-state index is 0.119. The fourth-order valence-electron chi connectivity index (χ4n) is 2.84. The highest BCUT2D eigenvalue weighted by Gasteiger charge is 2.05. The lowest BCUT2D eigenvalue weighted by Crippen LogP contribution is -2.25. The number of rotatable bonds is 6. The summed E-state index contributed by atoms with van der Waals surface area (Å²) in [7, 11) is 0. The van der Waals surface area contributed by atoms with Crippen molar-refractivity contribution in [1.82, 2.24) is 5.32 Å². The van der Waals surface area contributed by atoms with Gasteiger partial charge < -0.3 is 5.32 Å². The van der Waals surface area contributed by atoms with E-state index in [0.717, 1.165) is 12.8 Å². The lowest BCUT2D eigenvalue weighted by molar-refractivity contribution is -0.121. The highest BCUT2D eigenvalue weighted by atomic mass is 16.1. The average Bonchev–Trinajstić information content (AvgIpc) is 2.61. The molecular weight excluding hydrogens is 282 g/mol. The van der Waals surface area contributed by atoms with E-state index in [4.69, 9.17) is 0 Å². The molecule has 0 unspecified atom stereocenters. The second kappa shape index (κ2) is 7.59. The van der Waals surface area contributed by atoms with Gasteiger partial charge >= 0.3 is 0 Å². The summed E-state index contributed by atoms with van der Waals surface area (Å²) in [5.41, 5.74) is 2.49. The monoisotopic (exact) mass is 303 g/mol. The zero-order valence-corrected chi connectivity index (χ0v) is 13.2. The van der Waals surface area contributed by atoms with Gasteiger partial charge in [0, 0.05) is 13.0 Å². The molecule has 0 aliphatic rings. The Balaban J connectivity index is 1.50. The van der Waals surface area contributed by atoms with Crippen molar-refractivity contribution in [3.8, 4) is 0 Å². The SMILES string of the molecule is O=C(CCc1cccc2ccccc12)NCCc1ccccc1. The maximum Gasteiger partial charge on any atom is 0.220 e. The summed E-state index contributed by atoms with van der Waals surface area (Å²) in [6.45, 7) is 0.693. The molecule has 3 aromatic rings. The highest BCUT2D eigenvalue weighted by Crippen LogP contribution is 2.19. The van der Waals surface area contributed by atoms with Gasteiger partial charge in [0.25, 0.3) is 0 Å². The molecule has 0 heterocycles. The number of benzene rings is 3. The average molecular weight is 303 g/mol. The summed E-state index contributed by atoms with van der Waals surface area (Å²) >= 11 is 0. The standard InChI is InChI=1S/C21H21NO/c23-21(22-16-15-17-7-2-1-3-8-17)14-13-19-11-6-10-18-9-4-5-12-20(18)19/h1-12H,13-16H2,(H,22,23). The summed E-state index contributed by atoms with van der Waals surface area (Å²) < 4.78 is 0. The van der Waals surface area contributed by atoms with Crippen LogP contribution in [0.3, 0.4) is 0 Å². The number of carbonyl (C=O) groups is 1. The number of fused-ring (bicyclic) bond motifs is 1. The molecule has 0 aromatic heterocycles. The van der Waals surface area contributed by atoms with Gasteiger partial charge in [0.05, 0.1) is 0 Å². The van der Waals surface area contributed by atoms with Crippen molar-refractivity contribution in [2.45, 2.75) is 19.3 Å². The van der Waals surface area contributed by atoms with E-state index in [2.05, 4.69) is 47.8 Å². The van der Waals surface area contributed by atoms with Crippen LogP contribution in [-0.2, 0) is 17.6 Å². The maximum absolute atomic E-state index is 12.0. The molecular formula is C21H21NO. The maximum atomic E-state index is 12.0. The Morgan fingerprint density at radius 3 is 2.39 bits per heavy atom. The van der Waals surface area contributed by atoms with Gasteiger partial charge in [-0.1, -0.05) is 72.8 Å². The van der Waals surface area contributed by atoms with Crippen LogP contribution in [0.4, 0.5) is 0 Å². The minimum absolute atomic E-state index is 0.119. The molecule has 23 heavy (non-hydrogen) atoms. The Bertz CT molecular complexity index is 775. The third-order valence-electron chi connectivity index (χ3n) is 4.08. The molecule has 0 aliphatic carbocycles. The first-order valence-corrected chi connectivity index (χ1v) is 8.10. The molecule has 0 atom stereocenters. The topological polar surface area (TPSA) is 29.1 Å². The summed E-state index contributed by atoms with van der Waals surface area (Å²) in [6, 6.07) is 24.8. The Hall–Kier alpha value is -2.61. The molecule has 1 amide bonds. The largest absolute Gasteiger partial charge is 0.356 e. The van der Waals surface area contributed by atoms with Gasteiger partial charge in [-0.2, -0.15) is 0 Å². The van der Waals surface area contributed by atoms with E-state index < -0.39 is 0 Å². The number of hydrogen-bond donors (Lipinski definition) is 1. The molecule has 0 radical (unpaired) electrons. The quantitative estimate of drug-likeness (QED) is 0.729. The molecule has 2 nitrogen and oxygen atoms in total. The number of hydrogen-bond acceptors (Lipinski definition) is 1. The van der Waals surface area contributed by atoms with E-state index in [9.17, 15) is 4.79 Å². The Morgan fingerprint density at radius 1 is 0.783 bits per heavy atom. The van der Waals surface area contributed by atoms with E-state index in [-0.39, 0.29) is 5.91 Å². The molecule has 3 rings (SSSR count). The molecule has 0 spiro atoms. The minimum Gasteiger partial charge on any atom is -0.356 e. The predicted molar refractivity (Wildman–Crippen MR) is 95.4 cm³/mol. The molecule has 0 saturated carbocycles. The number of carbonyl (C=O) groups excluding carboxylic acids is 1. The Morgan fingerprint density at radius 2 is 1.52 bits per heavy atom. The Labute approximate surface area is 137 Å². The number of amides is 1.